The van der Waals surface area contributed by atoms with Crippen LogP contribution in [0, 0.1) is 0 Å². The van der Waals surface area contributed by atoms with E-state index in [1.165, 1.54) is 20.8 Å². The molecule has 0 saturated carbocycles. The zero-order chi connectivity index (χ0) is 19.1. The predicted molar refractivity (Wildman–Crippen MR) is 87.6 cm³/mol. The molecule has 4 atom stereocenters. The molecule has 142 valence electrons. The first-order valence-electron chi connectivity index (χ1n) is 8.15. The number of rotatable bonds is 6. The Bertz CT molecular complexity index is 629. The fourth-order valence-corrected chi connectivity index (χ4v) is 2.60. The monoisotopic (exact) mass is 366 g/mol. The fraction of sp³-hybridized carbons (Fsp3) is 0.500. The topological polar surface area (TPSA) is 97.4 Å². The predicted octanol–water partition coefficient (Wildman–Crippen LogP) is 1.35. The lowest BCUT2D eigenvalue weighted by Crippen LogP contribution is -2.58. The van der Waals surface area contributed by atoms with Gasteiger partial charge in [-0.25, -0.2) is 0 Å². The molecule has 8 nitrogen and oxygen atoms in total. The second-order valence-corrected chi connectivity index (χ2v) is 5.79. The molecule has 0 radical (unpaired) electrons. The van der Waals surface area contributed by atoms with Crippen molar-refractivity contribution in [2.45, 2.75) is 52.0 Å². The van der Waals surface area contributed by atoms with E-state index in [0.717, 1.165) is 5.56 Å². The Labute approximate surface area is 151 Å². The van der Waals surface area contributed by atoms with Crippen LogP contribution in [0.15, 0.2) is 30.3 Å². The summed E-state index contributed by atoms with van der Waals surface area (Å²) in [6.07, 6.45) is -3.99. The number of hydrogen-bond acceptors (Lipinski definition) is 8. The van der Waals surface area contributed by atoms with Crippen LogP contribution in [0.1, 0.15) is 26.3 Å². The van der Waals surface area contributed by atoms with Gasteiger partial charge in [-0.15, -0.1) is 0 Å². The number of carbonyl (C=O) groups is 3. The smallest absolute Gasteiger partial charge is 0.303 e. The van der Waals surface area contributed by atoms with Crippen molar-refractivity contribution >= 4 is 17.9 Å². The molecule has 2 rings (SSSR count). The molecular formula is C18H22O8. The lowest BCUT2D eigenvalue weighted by Gasteiger charge is -2.40. The minimum absolute atomic E-state index is 0.0608. The van der Waals surface area contributed by atoms with Crippen LogP contribution in [0.25, 0.3) is 0 Å². The van der Waals surface area contributed by atoms with Crippen LogP contribution in [-0.4, -0.2) is 49.1 Å². The van der Waals surface area contributed by atoms with Gasteiger partial charge in [0.1, 0.15) is 0 Å². The molecule has 1 fully saturated rings. The lowest BCUT2D eigenvalue weighted by molar-refractivity contribution is -0.283. The van der Waals surface area contributed by atoms with Crippen molar-refractivity contribution in [1.82, 2.24) is 0 Å². The Morgan fingerprint density at radius 1 is 0.923 bits per heavy atom. The number of ether oxygens (including phenoxy) is 5. The maximum Gasteiger partial charge on any atom is 0.303 e. The van der Waals surface area contributed by atoms with Crippen LogP contribution < -0.4 is 0 Å². The van der Waals surface area contributed by atoms with Gasteiger partial charge in [0.15, 0.2) is 24.6 Å². The summed E-state index contributed by atoms with van der Waals surface area (Å²) >= 11 is 0. The van der Waals surface area contributed by atoms with E-state index >= 15 is 0 Å². The maximum atomic E-state index is 11.5. The second-order valence-electron chi connectivity index (χ2n) is 5.79. The van der Waals surface area contributed by atoms with Gasteiger partial charge in [0, 0.05) is 20.8 Å². The average Bonchev–Trinajstić information content (AvgIpc) is 2.56. The maximum absolute atomic E-state index is 11.5. The molecule has 1 saturated heterocycles. The lowest BCUT2D eigenvalue weighted by atomic mass is 10.0. The number of hydrogen-bond donors (Lipinski definition) is 0. The van der Waals surface area contributed by atoms with Crippen LogP contribution in [0.3, 0.4) is 0 Å². The molecule has 1 aromatic rings. The zero-order valence-electron chi connectivity index (χ0n) is 14.9. The number of esters is 3. The van der Waals surface area contributed by atoms with E-state index in [4.69, 9.17) is 23.7 Å². The van der Waals surface area contributed by atoms with Gasteiger partial charge >= 0.3 is 17.9 Å². The number of carbonyl (C=O) groups excluding carboxylic acids is 3. The summed E-state index contributed by atoms with van der Waals surface area (Å²) in [5.41, 5.74) is 0.892. The third-order valence-electron chi connectivity index (χ3n) is 3.56. The summed E-state index contributed by atoms with van der Waals surface area (Å²) in [5.74, 6) is -1.78. The highest BCUT2D eigenvalue weighted by Crippen LogP contribution is 2.26. The van der Waals surface area contributed by atoms with Crippen LogP contribution in [0.4, 0.5) is 0 Å². The summed E-state index contributed by atoms with van der Waals surface area (Å²) in [7, 11) is 0. The number of benzene rings is 1. The third kappa shape index (κ3) is 5.82. The molecule has 0 N–H and O–H groups in total. The molecule has 26 heavy (non-hydrogen) atoms. The first-order chi connectivity index (χ1) is 12.4. The molecule has 1 heterocycles. The van der Waals surface area contributed by atoms with Gasteiger partial charge in [-0.05, 0) is 5.56 Å². The van der Waals surface area contributed by atoms with Crippen LogP contribution in [0.2, 0.25) is 0 Å². The molecule has 0 aliphatic carbocycles. The van der Waals surface area contributed by atoms with Crippen molar-refractivity contribution in [3.05, 3.63) is 35.9 Å². The first-order valence-corrected chi connectivity index (χ1v) is 8.15. The van der Waals surface area contributed by atoms with Crippen molar-refractivity contribution in [2.75, 3.05) is 6.61 Å². The Morgan fingerprint density at radius 2 is 1.50 bits per heavy atom. The molecule has 1 aromatic carbocycles. The third-order valence-corrected chi connectivity index (χ3v) is 3.56. The van der Waals surface area contributed by atoms with E-state index in [9.17, 15) is 14.4 Å². The summed E-state index contributed by atoms with van der Waals surface area (Å²) in [4.78, 5) is 34.3. The van der Waals surface area contributed by atoms with Gasteiger partial charge < -0.3 is 23.7 Å². The molecule has 0 spiro atoms. The van der Waals surface area contributed by atoms with Crippen LogP contribution >= 0.6 is 0 Å². The largest absolute Gasteiger partial charge is 0.456 e. The summed E-state index contributed by atoms with van der Waals surface area (Å²) in [6, 6.07) is 9.34. The minimum atomic E-state index is -1.07. The Morgan fingerprint density at radius 3 is 2.08 bits per heavy atom. The molecular weight excluding hydrogens is 344 g/mol. The van der Waals surface area contributed by atoms with Gasteiger partial charge in [0.25, 0.3) is 0 Å². The van der Waals surface area contributed by atoms with Crippen molar-refractivity contribution in [3.8, 4) is 0 Å². The Hall–Kier alpha value is -2.45. The van der Waals surface area contributed by atoms with Crippen molar-refractivity contribution < 1.29 is 38.1 Å². The first kappa shape index (κ1) is 19.9. The summed E-state index contributed by atoms with van der Waals surface area (Å²) < 4.78 is 26.9. The second kappa shape index (κ2) is 9.30. The molecule has 0 unspecified atom stereocenters. The van der Waals surface area contributed by atoms with E-state index < -0.39 is 42.5 Å². The molecule has 1 aliphatic heterocycles. The van der Waals surface area contributed by atoms with Crippen molar-refractivity contribution in [3.63, 3.8) is 0 Å². The summed E-state index contributed by atoms with van der Waals surface area (Å²) in [6.45, 7) is 3.80. The highest BCUT2D eigenvalue weighted by atomic mass is 16.7. The highest BCUT2D eigenvalue weighted by molar-refractivity contribution is 5.68. The van der Waals surface area contributed by atoms with Gasteiger partial charge in [-0.1, -0.05) is 30.3 Å². The molecule has 0 bridgehead atoms. The zero-order valence-corrected chi connectivity index (χ0v) is 14.9. The Balaban J connectivity index is 2.16. The van der Waals surface area contributed by atoms with Gasteiger partial charge in [0.2, 0.25) is 0 Å². The molecule has 0 aromatic heterocycles. The van der Waals surface area contributed by atoms with E-state index in [1.807, 2.05) is 30.3 Å². The molecule has 8 heteroatoms. The van der Waals surface area contributed by atoms with Gasteiger partial charge in [0.05, 0.1) is 13.2 Å². The van der Waals surface area contributed by atoms with E-state index in [-0.39, 0.29) is 13.2 Å². The van der Waals surface area contributed by atoms with Crippen molar-refractivity contribution in [2.24, 2.45) is 0 Å². The standard InChI is InChI=1S/C18H22O8/c1-11(19)24-15-10-23-18(22-9-14-7-5-4-6-8-14)17(26-13(3)21)16(15)25-12(2)20/h4-8,15-18H,9-10H2,1-3H3/t15-,16-,17-,18+/m1/s1. The van der Waals surface area contributed by atoms with Crippen molar-refractivity contribution in [1.29, 1.82) is 0 Å². The van der Waals surface area contributed by atoms with E-state index in [2.05, 4.69) is 0 Å². The van der Waals surface area contributed by atoms with E-state index in [0.29, 0.717) is 0 Å². The van der Waals surface area contributed by atoms with Gasteiger partial charge in [-0.3, -0.25) is 14.4 Å². The minimum Gasteiger partial charge on any atom is -0.456 e. The quantitative estimate of drug-likeness (QED) is 0.550. The SMILES string of the molecule is CC(=O)O[C@H]1[C@@H](OCc2ccccc2)OC[C@@H](OC(C)=O)[C@H]1OC(C)=O. The van der Waals surface area contributed by atoms with Gasteiger partial charge in [-0.2, -0.15) is 0 Å². The average molecular weight is 366 g/mol. The fourth-order valence-electron chi connectivity index (χ4n) is 2.60. The normalized spacial score (nSPS) is 25.2. The van der Waals surface area contributed by atoms with E-state index in [1.54, 1.807) is 0 Å². The molecule has 0 amide bonds. The highest BCUT2D eigenvalue weighted by Gasteiger charge is 2.47. The molecule has 1 aliphatic rings. The van der Waals surface area contributed by atoms with Crippen LogP contribution in [-0.2, 0) is 44.7 Å². The Kier molecular flexibility index (Phi) is 7.11. The van der Waals surface area contributed by atoms with Crippen LogP contribution in [0.5, 0.6) is 0 Å². The summed E-state index contributed by atoms with van der Waals surface area (Å²) in [5, 5.41) is 0.